The van der Waals surface area contributed by atoms with Crippen molar-refractivity contribution in [3.8, 4) is 5.75 Å². The van der Waals surface area contributed by atoms with Crippen LogP contribution in [-0.4, -0.2) is 6.61 Å². The van der Waals surface area contributed by atoms with Gasteiger partial charge in [-0.05, 0) is 53.7 Å². The van der Waals surface area contributed by atoms with Gasteiger partial charge in [0.2, 0.25) is 0 Å². The van der Waals surface area contributed by atoms with E-state index in [-0.39, 0.29) is 5.41 Å². The van der Waals surface area contributed by atoms with Crippen LogP contribution in [0.2, 0.25) is 0 Å². The minimum absolute atomic E-state index is 0.158. The molecule has 1 aromatic carbocycles. The molecule has 0 aliphatic heterocycles. The van der Waals surface area contributed by atoms with Gasteiger partial charge in [0.15, 0.2) is 0 Å². The maximum atomic E-state index is 5.99. The lowest BCUT2D eigenvalue weighted by Crippen LogP contribution is -2.24. The van der Waals surface area contributed by atoms with Gasteiger partial charge in [-0.3, -0.25) is 0 Å². The number of allylic oxidation sites excluding steroid dienone is 1. The summed E-state index contributed by atoms with van der Waals surface area (Å²) in [7, 11) is 0. The lowest BCUT2D eigenvalue weighted by atomic mass is 9.72. The predicted octanol–water partition coefficient (Wildman–Crippen LogP) is 7.21. The summed E-state index contributed by atoms with van der Waals surface area (Å²) in [5.41, 5.74) is 1.87. The van der Waals surface area contributed by atoms with Gasteiger partial charge in [-0.15, -0.1) is 0 Å². The van der Waals surface area contributed by atoms with Crippen molar-refractivity contribution in [3.05, 3.63) is 35.2 Å². The second-order valence-electron chi connectivity index (χ2n) is 8.07. The first-order valence-electron chi connectivity index (χ1n) is 8.75. The van der Waals surface area contributed by atoms with Gasteiger partial charge in [0, 0.05) is 0 Å². The Labute approximate surface area is 147 Å². The topological polar surface area (TPSA) is 9.23 Å². The average Bonchev–Trinajstić information content (AvgIpc) is 2.43. The molecule has 0 radical (unpaired) electrons. The normalized spacial score (nSPS) is 12.8. The zero-order valence-electron chi connectivity index (χ0n) is 16.0. The van der Waals surface area contributed by atoms with Crippen LogP contribution in [0.5, 0.6) is 5.75 Å². The van der Waals surface area contributed by atoms with Crippen LogP contribution in [-0.2, 0) is 5.41 Å². The van der Waals surface area contributed by atoms with Gasteiger partial charge in [-0.2, -0.15) is 0 Å². The fourth-order valence-corrected chi connectivity index (χ4v) is 3.76. The molecule has 0 heterocycles. The fourth-order valence-electron chi connectivity index (χ4n) is 3.04. The molecule has 0 unspecified atom stereocenters. The Morgan fingerprint density at radius 3 is 2.39 bits per heavy atom. The van der Waals surface area contributed by atoms with E-state index in [0.29, 0.717) is 5.41 Å². The van der Waals surface area contributed by atoms with Crippen molar-refractivity contribution in [3.63, 3.8) is 0 Å². The molecule has 1 aromatic rings. The molecule has 0 atom stereocenters. The predicted molar refractivity (Wildman–Crippen MR) is 105 cm³/mol. The highest BCUT2D eigenvalue weighted by Crippen LogP contribution is 2.40. The van der Waals surface area contributed by atoms with Gasteiger partial charge in [0.05, 0.1) is 11.5 Å². The Bertz CT molecular complexity index is 509. The molecule has 0 aliphatic carbocycles. The second kappa shape index (κ2) is 8.82. The van der Waals surface area contributed by atoms with E-state index >= 15 is 0 Å². The molecule has 0 aromatic heterocycles. The molecular formula is C21H34OS. The Kier molecular flexibility index (Phi) is 7.73. The van der Waals surface area contributed by atoms with Crippen molar-refractivity contribution >= 4 is 11.8 Å². The van der Waals surface area contributed by atoms with Crippen LogP contribution < -0.4 is 4.74 Å². The van der Waals surface area contributed by atoms with Crippen LogP contribution in [0.3, 0.4) is 0 Å². The molecular weight excluding hydrogens is 300 g/mol. The van der Waals surface area contributed by atoms with E-state index in [4.69, 9.17) is 4.74 Å². The van der Waals surface area contributed by atoms with E-state index in [1.54, 1.807) is 11.8 Å². The van der Waals surface area contributed by atoms with E-state index in [2.05, 4.69) is 78.1 Å². The second-order valence-corrected chi connectivity index (χ2v) is 9.02. The van der Waals surface area contributed by atoms with Gasteiger partial charge in [0.25, 0.3) is 0 Å². The average molecular weight is 335 g/mol. The maximum Gasteiger partial charge on any atom is 0.133 e. The van der Waals surface area contributed by atoms with Gasteiger partial charge in [0.1, 0.15) is 5.75 Å². The molecule has 23 heavy (non-hydrogen) atoms. The van der Waals surface area contributed by atoms with Crippen LogP contribution in [0.1, 0.15) is 73.3 Å². The number of hydrogen-bond donors (Lipinski definition) is 0. The summed E-state index contributed by atoms with van der Waals surface area (Å²) in [5.74, 6) is 1.01. The largest absolute Gasteiger partial charge is 0.492 e. The molecule has 0 spiro atoms. The van der Waals surface area contributed by atoms with Gasteiger partial charge in [-0.25, -0.2) is 0 Å². The first kappa shape index (κ1) is 20.2. The lowest BCUT2D eigenvalue weighted by Gasteiger charge is -2.33. The van der Waals surface area contributed by atoms with E-state index in [0.717, 1.165) is 31.6 Å². The molecule has 0 amide bonds. The lowest BCUT2D eigenvalue weighted by molar-refractivity contribution is 0.282. The van der Waals surface area contributed by atoms with E-state index in [1.165, 1.54) is 10.5 Å². The summed E-state index contributed by atoms with van der Waals surface area (Å²) in [6.07, 6.45) is 5.50. The Morgan fingerprint density at radius 1 is 1.13 bits per heavy atom. The third-order valence-electron chi connectivity index (χ3n) is 3.78. The third-order valence-corrected chi connectivity index (χ3v) is 4.77. The number of benzene rings is 1. The zero-order chi connectivity index (χ0) is 17.5. The summed E-state index contributed by atoms with van der Waals surface area (Å²) in [4.78, 5) is 1.22. The zero-order valence-corrected chi connectivity index (χ0v) is 16.8. The number of thioether (sulfide) groups is 1. The maximum absolute atomic E-state index is 5.99. The SMILES string of the molecule is C/C=C/Sc1cc(C(C)(C)CC(C)(C)C)ccc1OCCCC. The molecule has 1 nitrogen and oxygen atoms in total. The molecule has 0 N–H and O–H groups in total. The van der Waals surface area contributed by atoms with Crippen molar-refractivity contribution in [2.75, 3.05) is 6.61 Å². The molecule has 0 saturated carbocycles. The number of rotatable bonds is 8. The first-order valence-corrected chi connectivity index (χ1v) is 9.63. The summed E-state index contributed by atoms with van der Waals surface area (Å²) in [6, 6.07) is 6.71. The number of unbranched alkanes of at least 4 members (excludes halogenated alkanes) is 1. The Balaban J connectivity index is 3.06. The van der Waals surface area contributed by atoms with Crippen LogP contribution in [0.4, 0.5) is 0 Å². The Morgan fingerprint density at radius 2 is 1.83 bits per heavy atom. The highest BCUT2D eigenvalue weighted by molar-refractivity contribution is 8.02. The molecule has 1 rings (SSSR count). The highest BCUT2D eigenvalue weighted by Gasteiger charge is 2.27. The summed E-state index contributed by atoms with van der Waals surface area (Å²) in [5, 5.41) is 2.13. The summed E-state index contributed by atoms with van der Waals surface area (Å²) < 4.78 is 5.99. The number of hydrogen-bond acceptors (Lipinski definition) is 2. The van der Waals surface area contributed by atoms with E-state index in [9.17, 15) is 0 Å². The molecule has 0 fully saturated rings. The molecule has 2 heteroatoms. The fraction of sp³-hybridized carbons (Fsp3) is 0.619. The number of ether oxygens (including phenoxy) is 1. The van der Waals surface area contributed by atoms with Gasteiger partial charge >= 0.3 is 0 Å². The van der Waals surface area contributed by atoms with Crippen LogP contribution in [0, 0.1) is 5.41 Å². The molecule has 0 saturated heterocycles. The Hall–Kier alpha value is -0.890. The van der Waals surface area contributed by atoms with Crippen LogP contribution in [0.25, 0.3) is 0 Å². The van der Waals surface area contributed by atoms with E-state index in [1.807, 2.05) is 0 Å². The van der Waals surface area contributed by atoms with Crippen molar-refractivity contribution in [1.82, 2.24) is 0 Å². The monoisotopic (exact) mass is 334 g/mol. The molecule has 130 valence electrons. The van der Waals surface area contributed by atoms with E-state index < -0.39 is 0 Å². The summed E-state index contributed by atoms with van der Waals surface area (Å²) in [6.45, 7) is 16.7. The van der Waals surface area contributed by atoms with Crippen LogP contribution in [0.15, 0.2) is 34.6 Å². The smallest absolute Gasteiger partial charge is 0.133 e. The molecule has 0 bridgehead atoms. The van der Waals surface area contributed by atoms with Crippen molar-refractivity contribution in [1.29, 1.82) is 0 Å². The van der Waals surface area contributed by atoms with Gasteiger partial charge < -0.3 is 4.74 Å². The highest BCUT2D eigenvalue weighted by atomic mass is 32.2. The molecule has 0 aliphatic rings. The summed E-state index contributed by atoms with van der Waals surface area (Å²) >= 11 is 1.75. The van der Waals surface area contributed by atoms with Crippen molar-refractivity contribution in [2.45, 2.75) is 78.0 Å². The van der Waals surface area contributed by atoms with Crippen molar-refractivity contribution < 1.29 is 4.74 Å². The minimum Gasteiger partial charge on any atom is -0.492 e. The first-order chi connectivity index (χ1) is 10.7. The van der Waals surface area contributed by atoms with Crippen molar-refractivity contribution in [2.24, 2.45) is 5.41 Å². The van der Waals surface area contributed by atoms with Crippen LogP contribution >= 0.6 is 11.8 Å². The standard InChI is InChI=1S/C21H34OS/c1-8-10-13-22-18-12-11-17(15-19(18)23-14-9-2)21(6,7)16-20(3,4)5/h9,11-12,14-15H,8,10,13,16H2,1-7H3/b14-9+. The minimum atomic E-state index is 0.158. The quantitative estimate of drug-likeness (QED) is 0.367. The third kappa shape index (κ3) is 7.03. The van der Waals surface area contributed by atoms with Gasteiger partial charge in [-0.1, -0.05) is 71.9 Å².